The number of nitrogens with zero attached hydrogens (tertiary/aromatic N) is 6. The van der Waals surface area contributed by atoms with E-state index in [9.17, 15) is 4.79 Å². The summed E-state index contributed by atoms with van der Waals surface area (Å²) >= 11 is 0. The first kappa shape index (κ1) is 17.6. The molecule has 27 heavy (non-hydrogen) atoms. The van der Waals surface area contributed by atoms with E-state index >= 15 is 0 Å². The second-order valence-electron chi connectivity index (χ2n) is 7.30. The molecule has 7 nitrogen and oxygen atoms in total. The van der Waals surface area contributed by atoms with Crippen LogP contribution in [0, 0.1) is 5.92 Å². The van der Waals surface area contributed by atoms with Gasteiger partial charge < -0.3 is 9.80 Å². The van der Waals surface area contributed by atoms with Crippen LogP contribution in [-0.4, -0.2) is 68.7 Å². The largest absolute Gasteiger partial charge is 0.336 e. The fourth-order valence-corrected chi connectivity index (χ4v) is 3.80. The molecule has 0 saturated carbocycles. The average Bonchev–Trinajstić information content (AvgIpc) is 3.02. The summed E-state index contributed by atoms with van der Waals surface area (Å²) in [4.78, 5) is 26.1. The van der Waals surface area contributed by atoms with E-state index in [-0.39, 0.29) is 5.91 Å². The van der Waals surface area contributed by atoms with Crippen LogP contribution < -0.4 is 0 Å². The molecule has 1 aliphatic rings. The van der Waals surface area contributed by atoms with Crippen LogP contribution in [0.4, 0.5) is 0 Å². The number of hydrogen-bond donors (Lipinski definition) is 0. The predicted molar refractivity (Wildman–Crippen MR) is 103 cm³/mol. The van der Waals surface area contributed by atoms with Gasteiger partial charge in [0.25, 0.3) is 5.91 Å². The molecule has 3 aromatic heterocycles. The second-order valence-corrected chi connectivity index (χ2v) is 7.30. The van der Waals surface area contributed by atoms with Crippen molar-refractivity contribution in [2.24, 2.45) is 13.0 Å². The molecule has 0 radical (unpaired) electrons. The summed E-state index contributed by atoms with van der Waals surface area (Å²) < 4.78 is 1.67. The number of fused-ring (bicyclic) bond motifs is 1. The van der Waals surface area contributed by atoms with E-state index in [2.05, 4.69) is 27.0 Å². The minimum atomic E-state index is 0.00797. The average molecular weight is 364 g/mol. The smallest absolute Gasteiger partial charge is 0.274 e. The van der Waals surface area contributed by atoms with Crippen molar-refractivity contribution in [1.29, 1.82) is 0 Å². The van der Waals surface area contributed by atoms with Gasteiger partial charge in [0.15, 0.2) is 0 Å². The molecule has 0 bridgehead atoms. The van der Waals surface area contributed by atoms with Gasteiger partial charge in [-0.05, 0) is 49.2 Å². The summed E-state index contributed by atoms with van der Waals surface area (Å²) in [7, 11) is 3.95. The zero-order valence-electron chi connectivity index (χ0n) is 15.7. The van der Waals surface area contributed by atoms with E-state index in [4.69, 9.17) is 0 Å². The van der Waals surface area contributed by atoms with Crippen LogP contribution in [0.25, 0.3) is 11.0 Å². The lowest BCUT2D eigenvalue weighted by Gasteiger charge is -2.24. The van der Waals surface area contributed by atoms with Crippen molar-refractivity contribution in [2.45, 2.75) is 6.42 Å². The van der Waals surface area contributed by atoms with Crippen molar-refractivity contribution < 1.29 is 4.79 Å². The maximum Gasteiger partial charge on any atom is 0.274 e. The number of pyridine rings is 2. The van der Waals surface area contributed by atoms with E-state index in [0.29, 0.717) is 11.6 Å². The van der Waals surface area contributed by atoms with Crippen LogP contribution >= 0.6 is 0 Å². The van der Waals surface area contributed by atoms with Crippen LogP contribution in [-0.2, 0) is 13.5 Å². The quantitative estimate of drug-likeness (QED) is 0.706. The fourth-order valence-electron chi connectivity index (χ4n) is 3.80. The zero-order valence-corrected chi connectivity index (χ0v) is 15.7. The van der Waals surface area contributed by atoms with Gasteiger partial charge in [-0.25, -0.2) is 0 Å². The van der Waals surface area contributed by atoms with E-state index in [1.54, 1.807) is 10.7 Å². The first-order valence-corrected chi connectivity index (χ1v) is 9.26. The second kappa shape index (κ2) is 7.44. The van der Waals surface area contributed by atoms with Gasteiger partial charge in [-0.15, -0.1) is 0 Å². The van der Waals surface area contributed by atoms with Gasteiger partial charge in [-0.1, -0.05) is 0 Å². The lowest BCUT2D eigenvalue weighted by molar-refractivity contribution is 0.0739. The molecule has 3 aromatic rings. The van der Waals surface area contributed by atoms with E-state index in [1.807, 2.05) is 48.7 Å². The first-order valence-electron chi connectivity index (χ1n) is 9.26. The fraction of sp³-hybridized carbons (Fsp3) is 0.400. The molecule has 1 unspecified atom stereocenters. The Labute approximate surface area is 158 Å². The van der Waals surface area contributed by atoms with Crippen LogP contribution in [0.2, 0.25) is 0 Å². The normalized spacial score (nSPS) is 18.6. The van der Waals surface area contributed by atoms with Crippen molar-refractivity contribution >= 4 is 16.9 Å². The Morgan fingerprint density at radius 3 is 2.81 bits per heavy atom. The summed E-state index contributed by atoms with van der Waals surface area (Å²) in [6.45, 7) is 3.25. The third kappa shape index (κ3) is 3.83. The summed E-state index contributed by atoms with van der Waals surface area (Å²) in [6, 6.07) is 7.73. The number of carbonyl (C=O) groups is 1. The van der Waals surface area contributed by atoms with Gasteiger partial charge in [0, 0.05) is 51.8 Å². The van der Waals surface area contributed by atoms with Crippen molar-refractivity contribution in [2.75, 3.05) is 33.2 Å². The molecule has 0 aromatic carbocycles. The third-order valence-electron chi connectivity index (χ3n) is 5.11. The van der Waals surface area contributed by atoms with Gasteiger partial charge in [-0.3, -0.25) is 19.4 Å². The summed E-state index contributed by atoms with van der Waals surface area (Å²) in [6.07, 6.45) is 6.33. The van der Waals surface area contributed by atoms with E-state index in [1.165, 1.54) is 5.56 Å². The Morgan fingerprint density at radius 1 is 1.11 bits per heavy atom. The van der Waals surface area contributed by atoms with Crippen molar-refractivity contribution in [3.8, 4) is 0 Å². The molecule has 0 spiro atoms. The maximum absolute atomic E-state index is 12.9. The van der Waals surface area contributed by atoms with Crippen LogP contribution in [0.1, 0.15) is 16.1 Å². The minimum Gasteiger partial charge on any atom is -0.336 e. The maximum atomic E-state index is 12.9. The number of rotatable bonds is 3. The number of amides is 1. The Morgan fingerprint density at radius 2 is 2.00 bits per heavy atom. The number of likely N-dealkylation sites (N-methyl/N-ethyl adjacent to an activating group) is 1. The molecule has 0 N–H and O–H groups in total. The summed E-state index contributed by atoms with van der Waals surface area (Å²) in [5, 5.41) is 4.28. The topological polar surface area (TPSA) is 67.2 Å². The van der Waals surface area contributed by atoms with Gasteiger partial charge in [0.2, 0.25) is 0 Å². The molecule has 1 atom stereocenters. The molecule has 140 valence electrons. The predicted octanol–water partition coefficient (Wildman–Crippen LogP) is 1.61. The van der Waals surface area contributed by atoms with Crippen molar-refractivity contribution in [1.82, 2.24) is 29.5 Å². The molecular weight excluding hydrogens is 340 g/mol. The molecule has 7 heteroatoms. The van der Waals surface area contributed by atoms with E-state index < -0.39 is 0 Å². The van der Waals surface area contributed by atoms with Gasteiger partial charge in [-0.2, -0.15) is 5.10 Å². The molecule has 1 saturated heterocycles. The van der Waals surface area contributed by atoms with Gasteiger partial charge >= 0.3 is 0 Å². The number of aromatic nitrogens is 4. The monoisotopic (exact) mass is 364 g/mol. The van der Waals surface area contributed by atoms with Crippen LogP contribution in [0.15, 0.2) is 42.9 Å². The highest BCUT2D eigenvalue weighted by Crippen LogP contribution is 2.20. The summed E-state index contributed by atoms with van der Waals surface area (Å²) in [5.41, 5.74) is 3.57. The van der Waals surface area contributed by atoms with E-state index in [0.717, 1.165) is 43.6 Å². The Bertz CT molecular complexity index is 947. The third-order valence-corrected chi connectivity index (χ3v) is 5.11. The number of aryl methyl sites for hydroxylation is 1. The Kier molecular flexibility index (Phi) is 4.85. The lowest BCUT2D eigenvalue weighted by atomic mass is 9.98. The molecule has 1 aliphatic heterocycles. The van der Waals surface area contributed by atoms with Crippen molar-refractivity contribution in [3.63, 3.8) is 0 Å². The highest BCUT2D eigenvalue weighted by molar-refractivity contribution is 5.92. The minimum absolute atomic E-state index is 0.00797. The van der Waals surface area contributed by atoms with Crippen molar-refractivity contribution in [3.05, 3.63) is 54.1 Å². The lowest BCUT2D eigenvalue weighted by Crippen LogP contribution is -2.36. The van der Waals surface area contributed by atoms with Gasteiger partial charge in [0.1, 0.15) is 5.69 Å². The molecule has 4 rings (SSSR count). The SMILES string of the molecule is CN1CCN(C(=O)c2ccn(C)n2)CC(Cc2ccnc3cccnc23)C1. The Hall–Kier alpha value is -2.80. The van der Waals surface area contributed by atoms with Crippen LogP contribution in [0.3, 0.4) is 0 Å². The molecule has 1 amide bonds. The molecule has 4 heterocycles. The number of hydrogen-bond acceptors (Lipinski definition) is 5. The molecule has 0 aliphatic carbocycles. The highest BCUT2D eigenvalue weighted by Gasteiger charge is 2.26. The Balaban J connectivity index is 1.56. The summed E-state index contributed by atoms with van der Waals surface area (Å²) in [5.74, 6) is 0.339. The highest BCUT2D eigenvalue weighted by atomic mass is 16.2. The number of carbonyl (C=O) groups excluding carboxylic acids is 1. The first-order chi connectivity index (χ1) is 13.1. The molecular formula is C20H24N6O. The van der Waals surface area contributed by atoms with Crippen LogP contribution in [0.5, 0.6) is 0 Å². The van der Waals surface area contributed by atoms with Gasteiger partial charge in [0.05, 0.1) is 11.0 Å². The molecule has 1 fully saturated rings. The standard InChI is InChI=1S/C20H24N6O/c1-24-10-11-26(20(27)18-6-9-25(2)23-18)14-15(13-24)12-16-5-8-21-17-4-3-7-22-19(16)17/h3-9,15H,10-14H2,1-2H3. The zero-order chi connectivity index (χ0) is 18.8.